The Bertz CT molecular complexity index is 944. The molecular weight excluding hydrogens is 434 g/mol. The molecule has 1 saturated heterocycles. The van der Waals surface area contributed by atoms with Crippen molar-refractivity contribution >= 4 is 29.2 Å². The fraction of sp³-hybridized carbons (Fsp3) is 0.400. The number of carbonyl (C=O) groups is 3. The van der Waals surface area contributed by atoms with Gasteiger partial charge in [0.25, 0.3) is 0 Å². The second-order valence-corrected chi connectivity index (χ2v) is 8.54. The number of hydrogen-bond donors (Lipinski definition) is 4. The lowest BCUT2D eigenvalue weighted by molar-refractivity contribution is -0.119. The molecule has 1 atom stereocenters. The maximum absolute atomic E-state index is 12.8. The number of amides is 4. The van der Waals surface area contributed by atoms with Crippen LogP contribution in [-0.2, 0) is 20.9 Å². The topological polar surface area (TPSA) is 112 Å². The van der Waals surface area contributed by atoms with E-state index in [2.05, 4.69) is 21.3 Å². The van der Waals surface area contributed by atoms with Crippen LogP contribution in [0.2, 0.25) is 0 Å². The van der Waals surface area contributed by atoms with Crippen molar-refractivity contribution in [3.8, 4) is 0 Å². The molecule has 1 fully saturated rings. The first kappa shape index (κ1) is 25.2. The normalized spacial score (nSPS) is 14.8. The van der Waals surface area contributed by atoms with Crippen molar-refractivity contribution in [1.29, 1.82) is 0 Å². The minimum atomic E-state index is -0.705. The van der Waals surface area contributed by atoms with Crippen molar-refractivity contribution < 1.29 is 19.1 Å². The predicted octanol–water partition coefficient (Wildman–Crippen LogP) is 2.42. The molecule has 182 valence electrons. The lowest BCUT2D eigenvalue weighted by Gasteiger charge is -2.25. The molecule has 2 aromatic rings. The predicted molar refractivity (Wildman–Crippen MR) is 131 cm³/mol. The zero-order valence-corrected chi connectivity index (χ0v) is 19.7. The first-order chi connectivity index (χ1) is 16.4. The quantitative estimate of drug-likeness (QED) is 0.453. The van der Waals surface area contributed by atoms with E-state index in [0.29, 0.717) is 37.7 Å². The minimum Gasteiger partial charge on any atom is -0.379 e. The third-order valence-electron chi connectivity index (χ3n) is 5.44. The molecule has 3 rings (SSSR count). The third kappa shape index (κ3) is 8.17. The van der Waals surface area contributed by atoms with Gasteiger partial charge in [0.05, 0.1) is 19.8 Å². The van der Waals surface area contributed by atoms with Crippen LogP contribution in [-0.4, -0.2) is 61.6 Å². The number of urea groups is 1. The van der Waals surface area contributed by atoms with E-state index >= 15 is 0 Å². The van der Waals surface area contributed by atoms with Gasteiger partial charge in [-0.05, 0) is 35.7 Å². The molecular formula is C25H33N5O4. The molecule has 0 radical (unpaired) electrons. The van der Waals surface area contributed by atoms with Crippen molar-refractivity contribution in [2.24, 2.45) is 5.92 Å². The Labute approximate surface area is 200 Å². The molecule has 4 N–H and O–H groups in total. The van der Waals surface area contributed by atoms with E-state index in [9.17, 15) is 14.4 Å². The van der Waals surface area contributed by atoms with Gasteiger partial charge >= 0.3 is 6.03 Å². The van der Waals surface area contributed by atoms with Crippen LogP contribution in [0.15, 0.2) is 54.6 Å². The molecule has 34 heavy (non-hydrogen) atoms. The average Bonchev–Trinajstić information content (AvgIpc) is 2.83. The Morgan fingerprint density at radius 1 is 0.912 bits per heavy atom. The lowest BCUT2D eigenvalue weighted by Crippen LogP contribution is -2.50. The van der Waals surface area contributed by atoms with Crippen molar-refractivity contribution in [3.05, 3.63) is 60.2 Å². The summed E-state index contributed by atoms with van der Waals surface area (Å²) in [5, 5.41) is 11.2. The second-order valence-electron chi connectivity index (χ2n) is 8.54. The highest BCUT2D eigenvalue weighted by atomic mass is 16.5. The number of nitrogens with one attached hydrogen (secondary N) is 4. The van der Waals surface area contributed by atoms with Gasteiger partial charge in [-0.1, -0.05) is 44.2 Å². The van der Waals surface area contributed by atoms with E-state index in [-0.39, 0.29) is 17.7 Å². The van der Waals surface area contributed by atoms with Crippen LogP contribution in [0, 0.1) is 5.92 Å². The summed E-state index contributed by atoms with van der Waals surface area (Å²) in [6.07, 6.45) is 0. The highest BCUT2D eigenvalue weighted by Gasteiger charge is 2.24. The number of ether oxygens (including phenoxy) is 1. The maximum atomic E-state index is 12.8. The van der Waals surface area contributed by atoms with Crippen LogP contribution in [0.5, 0.6) is 0 Å². The van der Waals surface area contributed by atoms with E-state index in [1.165, 1.54) is 0 Å². The monoisotopic (exact) mass is 467 g/mol. The standard InChI is InChI=1S/C25H33N5O4/c1-18(2)23(29-25(33)26-16-19-6-4-3-5-7-19)24(32)28-21-10-8-20(9-11-21)27-22(31)17-30-12-14-34-15-13-30/h3-11,18,23H,12-17H2,1-2H3,(H,27,31)(H,28,32)(H2,26,29,33). The molecule has 1 aliphatic heterocycles. The maximum Gasteiger partial charge on any atom is 0.315 e. The summed E-state index contributed by atoms with van der Waals surface area (Å²) in [6.45, 7) is 7.20. The third-order valence-corrected chi connectivity index (χ3v) is 5.44. The number of morpholine rings is 1. The second kappa shape index (κ2) is 12.7. The fourth-order valence-corrected chi connectivity index (χ4v) is 3.53. The van der Waals surface area contributed by atoms with E-state index < -0.39 is 12.1 Å². The van der Waals surface area contributed by atoms with Crippen molar-refractivity contribution in [2.75, 3.05) is 43.5 Å². The largest absolute Gasteiger partial charge is 0.379 e. The molecule has 1 unspecified atom stereocenters. The van der Waals surface area contributed by atoms with Crippen LogP contribution in [0.1, 0.15) is 19.4 Å². The van der Waals surface area contributed by atoms with Crippen molar-refractivity contribution in [1.82, 2.24) is 15.5 Å². The molecule has 0 saturated carbocycles. The first-order valence-electron chi connectivity index (χ1n) is 11.5. The zero-order chi connectivity index (χ0) is 24.3. The van der Waals surface area contributed by atoms with E-state index in [1.807, 2.05) is 49.1 Å². The Kier molecular flexibility index (Phi) is 9.42. The molecule has 0 spiro atoms. The average molecular weight is 468 g/mol. The molecule has 4 amide bonds. The van der Waals surface area contributed by atoms with Crippen LogP contribution in [0.4, 0.5) is 16.2 Å². The molecule has 1 heterocycles. The van der Waals surface area contributed by atoms with Gasteiger partial charge in [-0.2, -0.15) is 0 Å². The van der Waals surface area contributed by atoms with Gasteiger partial charge in [-0.3, -0.25) is 14.5 Å². The van der Waals surface area contributed by atoms with Gasteiger partial charge in [-0.15, -0.1) is 0 Å². The lowest BCUT2D eigenvalue weighted by atomic mass is 10.0. The van der Waals surface area contributed by atoms with Gasteiger partial charge < -0.3 is 26.0 Å². The fourth-order valence-electron chi connectivity index (χ4n) is 3.53. The van der Waals surface area contributed by atoms with Crippen LogP contribution >= 0.6 is 0 Å². The summed E-state index contributed by atoms with van der Waals surface area (Å²) >= 11 is 0. The van der Waals surface area contributed by atoms with Crippen LogP contribution < -0.4 is 21.3 Å². The minimum absolute atomic E-state index is 0.0933. The molecule has 9 nitrogen and oxygen atoms in total. The van der Waals surface area contributed by atoms with Gasteiger partial charge in [-0.25, -0.2) is 4.79 Å². The summed E-state index contributed by atoms with van der Waals surface area (Å²) < 4.78 is 5.29. The van der Waals surface area contributed by atoms with Gasteiger partial charge in [0, 0.05) is 31.0 Å². The molecule has 9 heteroatoms. The zero-order valence-electron chi connectivity index (χ0n) is 19.7. The Hall–Kier alpha value is -3.43. The van der Waals surface area contributed by atoms with E-state index in [1.54, 1.807) is 24.3 Å². The highest BCUT2D eigenvalue weighted by molar-refractivity contribution is 5.97. The molecule has 2 aromatic carbocycles. The Morgan fingerprint density at radius 3 is 2.15 bits per heavy atom. The number of anilines is 2. The van der Waals surface area contributed by atoms with Gasteiger partial charge in [0.1, 0.15) is 6.04 Å². The summed E-state index contributed by atoms with van der Waals surface area (Å²) in [4.78, 5) is 39.4. The van der Waals surface area contributed by atoms with Crippen LogP contribution in [0.3, 0.4) is 0 Å². The number of carbonyl (C=O) groups excluding carboxylic acids is 3. The van der Waals surface area contributed by atoms with Crippen molar-refractivity contribution in [3.63, 3.8) is 0 Å². The molecule has 0 aromatic heterocycles. The van der Waals surface area contributed by atoms with E-state index in [0.717, 1.165) is 18.7 Å². The summed E-state index contributed by atoms with van der Waals surface area (Å²) in [5.41, 5.74) is 2.20. The number of nitrogens with zero attached hydrogens (tertiary/aromatic N) is 1. The SMILES string of the molecule is CC(C)C(NC(=O)NCc1ccccc1)C(=O)Nc1ccc(NC(=O)CN2CCOCC2)cc1. The highest BCUT2D eigenvalue weighted by Crippen LogP contribution is 2.15. The van der Waals surface area contributed by atoms with Crippen molar-refractivity contribution in [2.45, 2.75) is 26.4 Å². The van der Waals surface area contributed by atoms with E-state index in [4.69, 9.17) is 4.74 Å². The molecule has 0 aliphatic carbocycles. The Balaban J connectivity index is 1.47. The number of rotatable bonds is 9. The first-order valence-corrected chi connectivity index (χ1v) is 11.5. The summed E-state index contributed by atoms with van der Waals surface area (Å²) in [5.74, 6) is -0.514. The summed E-state index contributed by atoms with van der Waals surface area (Å²) in [7, 11) is 0. The Morgan fingerprint density at radius 2 is 1.53 bits per heavy atom. The molecule has 1 aliphatic rings. The number of benzene rings is 2. The molecule has 0 bridgehead atoms. The van der Waals surface area contributed by atoms with Crippen LogP contribution in [0.25, 0.3) is 0 Å². The smallest absolute Gasteiger partial charge is 0.315 e. The number of hydrogen-bond acceptors (Lipinski definition) is 5. The van der Waals surface area contributed by atoms with Gasteiger partial charge in [0.2, 0.25) is 11.8 Å². The van der Waals surface area contributed by atoms with Gasteiger partial charge in [0.15, 0.2) is 0 Å². The summed E-state index contributed by atoms with van der Waals surface area (Å²) in [6, 6.07) is 15.3.